The molecule has 0 bridgehead atoms. The SMILES string of the molecule is CN1C[C@@H](N)[C@@H](c2cccc(F)c2)C1. The Balaban J connectivity index is 2.23. The summed E-state index contributed by atoms with van der Waals surface area (Å²) in [6, 6.07) is 6.88. The van der Waals surface area contributed by atoms with Gasteiger partial charge in [-0.25, -0.2) is 4.39 Å². The maximum atomic E-state index is 13.0. The molecule has 14 heavy (non-hydrogen) atoms. The van der Waals surface area contributed by atoms with Crippen LogP contribution in [-0.2, 0) is 0 Å². The molecule has 0 radical (unpaired) electrons. The Morgan fingerprint density at radius 3 is 2.79 bits per heavy atom. The van der Waals surface area contributed by atoms with Gasteiger partial charge in [0, 0.05) is 25.0 Å². The van der Waals surface area contributed by atoms with Gasteiger partial charge in [-0.05, 0) is 24.7 Å². The van der Waals surface area contributed by atoms with Gasteiger partial charge in [-0.2, -0.15) is 0 Å². The molecule has 0 aromatic heterocycles. The van der Waals surface area contributed by atoms with Gasteiger partial charge in [0.05, 0.1) is 0 Å². The van der Waals surface area contributed by atoms with Crippen molar-refractivity contribution < 1.29 is 4.39 Å². The smallest absolute Gasteiger partial charge is 0.123 e. The summed E-state index contributed by atoms with van der Waals surface area (Å²) in [6.45, 7) is 1.81. The van der Waals surface area contributed by atoms with E-state index in [9.17, 15) is 4.39 Å². The molecule has 1 fully saturated rings. The van der Waals surface area contributed by atoms with Crippen LogP contribution in [0.2, 0.25) is 0 Å². The first-order valence-corrected chi connectivity index (χ1v) is 4.86. The average molecular weight is 194 g/mol. The summed E-state index contributed by atoms with van der Waals surface area (Å²) >= 11 is 0. The van der Waals surface area contributed by atoms with E-state index in [0.717, 1.165) is 18.7 Å². The van der Waals surface area contributed by atoms with Crippen LogP contribution in [0.1, 0.15) is 11.5 Å². The highest BCUT2D eigenvalue weighted by molar-refractivity contribution is 5.24. The molecular weight excluding hydrogens is 179 g/mol. The molecule has 0 spiro atoms. The van der Waals surface area contributed by atoms with Crippen molar-refractivity contribution in [3.63, 3.8) is 0 Å². The molecule has 1 aromatic carbocycles. The number of halogens is 1. The molecule has 2 nitrogen and oxygen atoms in total. The number of benzene rings is 1. The van der Waals surface area contributed by atoms with Gasteiger partial charge in [0.2, 0.25) is 0 Å². The summed E-state index contributed by atoms with van der Waals surface area (Å²) in [5, 5.41) is 0. The third kappa shape index (κ3) is 1.79. The van der Waals surface area contributed by atoms with Gasteiger partial charge in [0.25, 0.3) is 0 Å². The highest BCUT2D eigenvalue weighted by atomic mass is 19.1. The molecule has 3 heteroatoms. The lowest BCUT2D eigenvalue weighted by molar-refractivity contribution is 0.407. The number of hydrogen-bond acceptors (Lipinski definition) is 2. The van der Waals surface area contributed by atoms with Gasteiger partial charge in [-0.1, -0.05) is 12.1 Å². The largest absolute Gasteiger partial charge is 0.326 e. The number of nitrogens with zero attached hydrogens (tertiary/aromatic N) is 1. The summed E-state index contributed by atoms with van der Waals surface area (Å²) in [7, 11) is 2.04. The molecule has 2 N–H and O–H groups in total. The van der Waals surface area contributed by atoms with Gasteiger partial charge < -0.3 is 10.6 Å². The van der Waals surface area contributed by atoms with Crippen LogP contribution in [0.4, 0.5) is 4.39 Å². The topological polar surface area (TPSA) is 29.3 Å². The Kier molecular flexibility index (Phi) is 2.52. The number of hydrogen-bond donors (Lipinski definition) is 1. The van der Waals surface area contributed by atoms with E-state index < -0.39 is 0 Å². The summed E-state index contributed by atoms with van der Waals surface area (Å²) in [6.07, 6.45) is 0. The maximum absolute atomic E-state index is 13.0. The molecule has 0 amide bonds. The minimum absolute atomic E-state index is 0.127. The van der Waals surface area contributed by atoms with Gasteiger partial charge in [-0.3, -0.25) is 0 Å². The van der Waals surface area contributed by atoms with Crippen molar-refractivity contribution in [3.8, 4) is 0 Å². The normalized spacial score (nSPS) is 28.2. The standard InChI is InChI=1S/C11H15FN2/c1-14-6-10(11(13)7-14)8-3-2-4-9(12)5-8/h2-5,10-11H,6-7,13H2,1H3/t10-,11-/m1/s1. The molecule has 76 valence electrons. The van der Waals surface area contributed by atoms with Crippen LogP contribution in [0.15, 0.2) is 24.3 Å². The molecule has 2 atom stereocenters. The van der Waals surface area contributed by atoms with Crippen LogP contribution in [-0.4, -0.2) is 31.1 Å². The number of rotatable bonds is 1. The Labute approximate surface area is 83.5 Å². The van der Waals surface area contributed by atoms with Crippen molar-refractivity contribution in [2.75, 3.05) is 20.1 Å². The predicted octanol–water partition coefficient (Wildman–Crippen LogP) is 1.18. The maximum Gasteiger partial charge on any atom is 0.123 e. The summed E-state index contributed by atoms with van der Waals surface area (Å²) in [5.41, 5.74) is 7.00. The number of nitrogens with two attached hydrogens (primary N) is 1. The highest BCUT2D eigenvalue weighted by Crippen LogP contribution is 2.25. The molecule has 0 saturated carbocycles. The minimum Gasteiger partial charge on any atom is -0.326 e. The van der Waals surface area contributed by atoms with E-state index in [-0.39, 0.29) is 17.8 Å². The lowest BCUT2D eigenvalue weighted by atomic mass is 9.95. The quantitative estimate of drug-likeness (QED) is 0.727. The minimum atomic E-state index is -0.177. The van der Waals surface area contributed by atoms with E-state index >= 15 is 0 Å². The average Bonchev–Trinajstić information content (AvgIpc) is 2.45. The highest BCUT2D eigenvalue weighted by Gasteiger charge is 2.28. The van der Waals surface area contributed by atoms with Crippen LogP contribution in [0.25, 0.3) is 0 Å². The molecule has 2 rings (SSSR count). The second-order valence-corrected chi connectivity index (χ2v) is 4.05. The zero-order valence-electron chi connectivity index (χ0n) is 8.28. The molecule has 1 aliphatic rings. The number of likely N-dealkylation sites (N-methyl/N-ethyl adjacent to an activating group) is 1. The lowest BCUT2D eigenvalue weighted by Gasteiger charge is -2.14. The molecule has 1 aliphatic heterocycles. The zero-order chi connectivity index (χ0) is 10.1. The van der Waals surface area contributed by atoms with Crippen LogP contribution >= 0.6 is 0 Å². The van der Waals surface area contributed by atoms with Crippen LogP contribution < -0.4 is 5.73 Å². The monoisotopic (exact) mass is 194 g/mol. The van der Waals surface area contributed by atoms with Gasteiger partial charge in [0.1, 0.15) is 5.82 Å². The van der Waals surface area contributed by atoms with Crippen LogP contribution in [0, 0.1) is 5.82 Å². The van der Waals surface area contributed by atoms with Crippen molar-refractivity contribution in [1.29, 1.82) is 0 Å². The Morgan fingerprint density at radius 1 is 1.43 bits per heavy atom. The second kappa shape index (κ2) is 3.67. The fourth-order valence-corrected chi connectivity index (χ4v) is 2.12. The fourth-order valence-electron chi connectivity index (χ4n) is 2.12. The van der Waals surface area contributed by atoms with Crippen LogP contribution in [0.5, 0.6) is 0 Å². The lowest BCUT2D eigenvalue weighted by Crippen LogP contribution is -2.27. The van der Waals surface area contributed by atoms with E-state index in [4.69, 9.17) is 5.73 Å². The van der Waals surface area contributed by atoms with E-state index in [1.165, 1.54) is 6.07 Å². The van der Waals surface area contributed by atoms with E-state index in [2.05, 4.69) is 4.90 Å². The summed E-state index contributed by atoms with van der Waals surface area (Å²) in [4.78, 5) is 2.18. The van der Waals surface area contributed by atoms with E-state index in [0.29, 0.717) is 0 Å². The van der Waals surface area contributed by atoms with Crippen molar-refractivity contribution in [2.24, 2.45) is 5.73 Å². The zero-order valence-corrected chi connectivity index (χ0v) is 8.28. The molecular formula is C11H15FN2. The van der Waals surface area contributed by atoms with Crippen molar-refractivity contribution in [3.05, 3.63) is 35.6 Å². The predicted molar refractivity (Wildman–Crippen MR) is 54.6 cm³/mol. The Bertz CT molecular complexity index is 327. The Hall–Kier alpha value is -0.930. The first-order chi connectivity index (χ1) is 6.66. The molecule has 0 unspecified atom stereocenters. The Morgan fingerprint density at radius 2 is 2.21 bits per heavy atom. The fraction of sp³-hybridized carbons (Fsp3) is 0.455. The number of likely N-dealkylation sites (tertiary alicyclic amines) is 1. The van der Waals surface area contributed by atoms with E-state index in [1.54, 1.807) is 12.1 Å². The third-order valence-corrected chi connectivity index (χ3v) is 2.82. The molecule has 1 saturated heterocycles. The molecule has 1 aromatic rings. The van der Waals surface area contributed by atoms with Crippen molar-refractivity contribution in [2.45, 2.75) is 12.0 Å². The third-order valence-electron chi connectivity index (χ3n) is 2.82. The van der Waals surface area contributed by atoms with Gasteiger partial charge >= 0.3 is 0 Å². The molecule has 0 aliphatic carbocycles. The first-order valence-electron chi connectivity index (χ1n) is 4.86. The van der Waals surface area contributed by atoms with Crippen molar-refractivity contribution >= 4 is 0 Å². The summed E-state index contributed by atoms with van der Waals surface area (Å²) < 4.78 is 13.0. The summed E-state index contributed by atoms with van der Waals surface area (Å²) in [5.74, 6) is 0.0972. The van der Waals surface area contributed by atoms with Gasteiger partial charge in [-0.15, -0.1) is 0 Å². The van der Waals surface area contributed by atoms with Crippen molar-refractivity contribution in [1.82, 2.24) is 4.90 Å². The van der Waals surface area contributed by atoms with E-state index in [1.807, 2.05) is 13.1 Å². The van der Waals surface area contributed by atoms with Crippen LogP contribution in [0.3, 0.4) is 0 Å². The first kappa shape index (κ1) is 9.62. The second-order valence-electron chi connectivity index (χ2n) is 4.05. The van der Waals surface area contributed by atoms with Gasteiger partial charge in [0.15, 0.2) is 0 Å². The molecule has 1 heterocycles.